The minimum atomic E-state index is 1.04. The van der Waals surface area contributed by atoms with E-state index in [4.69, 9.17) is 4.74 Å². The normalized spacial score (nSPS) is 14.8. The van der Waals surface area contributed by atoms with E-state index in [9.17, 15) is 0 Å². The topological polar surface area (TPSA) is 9.23 Å². The third-order valence-electron chi connectivity index (χ3n) is 2.78. The minimum absolute atomic E-state index is 1.04. The molecule has 1 nitrogen and oxygen atoms in total. The molecule has 0 spiro atoms. The van der Waals surface area contributed by atoms with E-state index in [0.717, 1.165) is 25.0 Å². The van der Waals surface area contributed by atoms with Crippen LogP contribution in [0.1, 0.15) is 31.7 Å². The number of hydrogen-bond donors (Lipinski definition) is 0. The average Bonchev–Trinajstić information content (AvgIpc) is 2.55. The van der Waals surface area contributed by atoms with Crippen LogP contribution in [0.4, 0.5) is 0 Å². The van der Waals surface area contributed by atoms with Gasteiger partial charge < -0.3 is 4.74 Å². The van der Waals surface area contributed by atoms with Gasteiger partial charge in [0.05, 0.1) is 12.9 Å². The van der Waals surface area contributed by atoms with Gasteiger partial charge in [0.2, 0.25) is 0 Å². The summed E-state index contributed by atoms with van der Waals surface area (Å²) in [5, 5.41) is 0. The Morgan fingerprint density at radius 2 is 1.65 bits per heavy atom. The molecule has 0 bridgehead atoms. The fourth-order valence-electron chi connectivity index (χ4n) is 1.64. The van der Waals surface area contributed by atoms with E-state index >= 15 is 0 Å². The average molecular weight is 230 g/mol. The zero-order valence-electron chi connectivity index (χ0n) is 11.1. The molecule has 1 aromatic rings. The second-order valence-corrected chi connectivity index (χ2v) is 4.32. The standard InChI is InChI=1S/C9H14O.C7H8/c1-8-4-3-5-9(10-2)7-6-8;1-7-5-3-2-4-6-7/h4-5H,3,6-7H2,1-2H3;2-6H,1H3. The number of allylic oxidation sites excluding steroid dienone is 4. The second kappa shape index (κ2) is 7.72. The van der Waals surface area contributed by atoms with Gasteiger partial charge in [0.15, 0.2) is 0 Å². The Labute approximate surface area is 105 Å². The molecule has 0 radical (unpaired) electrons. The zero-order valence-corrected chi connectivity index (χ0v) is 11.1. The molecule has 1 aromatic carbocycles. The fraction of sp³-hybridized carbons (Fsp3) is 0.375. The summed E-state index contributed by atoms with van der Waals surface area (Å²) < 4.78 is 5.15. The molecular weight excluding hydrogens is 208 g/mol. The quantitative estimate of drug-likeness (QED) is 0.638. The van der Waals surface area contributed by atoms with E-state index in [1.165, 1.54) is 11.1 Å². The maximum Gasteiger partial charge on any atom is 0.0922 e. The number of ether oxygens (including phenoxy) is 1. The van der Waals surface area contributed by atoms with Crippen LogP contribution >= 0.6 is 0 Å². The molecule has 0 atom stereocenters. The molecule has 0 fully saturated rings. The van der Waals surface area contributed by atoms with E-state index in [0.29, 0.717) is 0 Å². The van der Waals surface area contributed by atoms with E-state index < -0.39 is 0 Å². The zero-order chi connectivity index (χ0) is 12.5. The monoisotopic (exact) mass is 230 g/mol. The summed E-state index contributed by atoms with van der Waals surface area (Å²) in [6.45, 7) is 4.26. The van der Waals surface area contributed by atoms with Gasteiger partial charge in [-0.2, -0.15) is 0 Å². The largest absolute Gasteiger partial charge is 0.501 e. The van der Waals surface area contributed by atoms with Gasteiger partial charge in [0, 0.05) is 6.42 Å². The molecule has 1 heteroatoms. The SMILES string of the molecule is COC1=CCC=C(C)CC1.Cc1ccccc1. The highest BCUT2D eigenvalue weighted by atomic mass is 16.5. The highest BCUT2D eigenvalue weighted by molar-refractivity contribution is 5.12. The molecule has 1 aliphatic rings. The lowest BCUT2D eigenvalue weighted by Crippen LogP contribution is -1.85. The fourth-order valence-corrected chi connectivity index (χ4v) is 1.64. The van der Waals surface area contributed by atoms with Crippen LogP contribution in [0.15, 0.2) is 53.8 Å². The number of aryl methyl sites for hydroxylation is 1. The summed E-state index contributed by atoms with van der Waals surface area (Å²) in [5.74, 6) is 1.13. The van der Waals surface area contributed by atoms with Crippen LogP contribution in [0.5, 0.6) is 0 Å². The van der Waals surface area contributed by atoms with Crippen LogP contribution in [-0.4, -0.2) is 7.11 Å². The van der Waals surface area contributed by atoms with Crippen molar-refractivity contribution in [1.29, 1.82) is 0 Å². The Kier molecular flexibility index (Phi) is 6.16. The molecule has 0 saturated heterocycles. The van der Waals surface area contributed by atoms with Crippen molar-refractivity contribution in [2.24, 2.45) is 0 Å². The highest BCUT2D eigenvalue weighted by Gasteiger charge is 2.00. The smallest absolute Gasteiger partial charge is 0.0922 e. The summed E-state index contributed by atoms with van der Waals surface area (Å²) in [4.78, 5) is 0. The van der Waals surface area contributed by atoms with Crippen molar-refractivity contribution in [1.82, 2.24) is 0 Å². The molecule has 2 rings (SSSR count). The lowest BCUT2D eigenvalue weighted by Gasteiger charge is -2.02. The summed E-state index contributed by atoms with van der Waals surface area (Å²) in [6.07, 6.45) is 7.66. The van der Waals surface area contributed by atoms with E-state index in [1.807, 2.05) is 18.2 Å². The number of benzene rings is 1. The Hall–Kier alpha value is -1.50. The van der Waals surface area contributed by atoms with Crippen LogP contribution < -0.4 is 0 Å². The van der Waals surface area contributed by atoms with Gasteiger partial charge in [-0.05, 0) is 32.8 Å². The first kappa shape index (κ1) is 13.6. The van der Waals surface area contributed by atoms with E-state index in [1.54, 1.807) is 7.11 Å². The van der Waals surface area contributed by atoms with E-state index in [-0.39, 0.29) is 0 Å². The molecule has 0 aliphatic heterocycles. The molecule has 0 amide bonds. The van der Waals surface area contributed by atoms with Crippen LogP contribution in [0.25, 0.3) is 0 Å². The highest BCUT2D eigenvalue weighted by Crippen LogP contribution is 2.17. The lowest BCUT2D eigenvalue weighted by molar-refractivity contribution is 0.276. The Balaban J connectivity index is 0.000000181. The summed E-state index contributed by atoms with van der Waals surface area (Å²) in [5.41, 5.74) is 2.80. The van der Waals surface area contributed by atoms with Gasteiger partial charge in [-0.15, -0.1) is 0 Å². The van der Waals surface area contributed by atoms with Crippen LogP contribution in [-0.2, 0) is 4.74 Å². The summed E-state index contributed by atoms with van der Waals surface area (Å²) in [6, 6.07) is 10.3. The number of rotatable bonds is 1. The third-order valence-corrected chi connectivity index (χ3v) is 2.78. The Morgan fingerprint density at radius 3 is 2.18 bits per heavy atom. The van der Waals surface area contributed by atoms with Gasteiger partial charge in [-0.3, -0.25) is 0 Å². The van der Waals surface area contributed by atoms with Gasteiger partial charge in [0.25, 0.3) is 0 Å². The first-order valence-electron chi connectivity index (χ1n) is 6.12. The molecule has 0 N–H and O–H groups in total. The van der Waals surface area contributed by atoms with Gasteiger partial charge >= 0.3 is 0 Å². The molecule has 0 aromatic heterocycles. The van der Waals surface area contributed by atoms with Crippen molar-refractivity contribution in [3.05, 3.63) is 59.4 Å². The summed E-state index contributed by atoms with van der Waals surface area (Å²) >= 11 is 0. The minimum Gasteiger partial charge on any atom is -0.501 e. The van der Waals surface area contributed by atoms with E-state index in [2.05, 4.69) is 38.1 Å². The van der Waals surface area contributed by atoms with Crippen LogP contribution in [0, 0.1) is 6.92 Å². The van der Waals surface area contributed by atoms with Gasteiger partial charge in [0.1, 0.15) is 0 Å². The van der Waals surface area contributed by atoms with Gasteiger partial charge in [-0.1, -0.05) is 47.5 Å². The molecule has 17 heavy (non-hydrogen) atoms. The Bertz CT molecular complexity index is 374. The number of methoxy groups -OCH3 is 1. The van der Waals surface area contributed by atoms with Crippen LogP contribution in [0.3, 0.4) is 0 Å². The number of hydrogen-bond acceptors (Lipinski definition) is 1. The predicted octanol–water partition coefficient (Wildman–Crippen LogP) is 4.64. The summed E-state index contributed by atoms with van der Waals surface area (Å²) in [7, 11) is 1.74. The second-order valence-electron chi connectivity index (χ2n) is 4.32. The first-order chi connectivity index (χ1) is 8.22. The molecule has 0 saturated carbocycles. The molecule has 92 valence electrons. The van der Waals surface area contributed by atoms with Crippen molar-refractivity contribution >= 4 is 0 Å². The molecular formula is C16H22O. The molecule has 0 heterocycles. The van der Waals surface area contributed by atoms with Crippen molar-refractivity contribution in [2.45, 2.75) is 33.1 Å². The van der Waals surface area contributed by atoms with Crippen molar-refractivity contribution in [2.75, 3.05) is 7.11 Å². The van der Waals surface area contributed by atoms with Crippen molar-refractivity contribution in [3.63, 3.8) is 0 Å². The Morgan fingerprint density at radius 1 is 0.941 bits per heavy atom. The van der Waals surface area contributed by atoms with Crippen molar-refractivity contribution < 1.29 is 4.74 Å². The molecule has 0 unspecified atom stereocenters. The van der Waals surface area contributed by atoms with Gasteiger partial charge in [-0.25, -0.2) is 0 Å². The lowest BCUT2D eigenvalue weighted by atomic mass is 10.2. The predicted molar refractivity (Wildman–Crippen MR) is 73.9 cm³/mol. The van der Waals surface area contributed by atoms with Crippen LogP contribution in [0.2, 0.25) is 0 Å². The maximum atomic E-state index is 5.15. The third kappa shape index (κ3) is 5.96. The van der Waals surface area contributed by atoms with Crippen molar-refractivity contribution in [3.8, 4) is 0 Å². The molecule has 1 aliphatic carbocycles. The first-order valence-corrected chi connectivity index (χ1v) is 6.12. The maximum absolute atomic E-state index is 5.15.